The quantitative estimate of drug-likeness (QED) is 0.236. The van der Waals surface area contributed by atoms with Gasteiger partial charge in [-0.1, -0.05) is 6.58 Å². The molecular weight excluding hydrogens is 264 g/mol. The standard InChI is InChI=1S/C10H18O7S/c1-9(10(11)14-2)8-17-5-4-16-6-7-18(12,13)15-3/h1,4-8H2,2-3H3. The number of carbonyl (C=O) groups excluding carboxylic acids is 1. The van der Waals surface area contributed by atoms with Crippen molar-refractivity contribution in [1.82, 2.24) is 0 Å². The van der Waals surface area contributed by atoms with Crippen molar-refractivity contribution in [3.8, 4) is 0 Å². The summed E-state index contributed by atoms with van der Waals surface area (Å²) in [6.07, 6.45) is 0. The fourth-order valence-corrected chi connectivity index (χ4v) is 1.35. The molecule has 0 bridgehead atoms. The maximum Gasteiger partial charge on any atom is 0.335 e. The lowest BCUT2D eigenvalue weighted by Crippen LogP contribution is -2.16. The van der Waals surface area contributed by atoms with Crippen molar-refractivity contribution in [3.05, 3.63) is 12.2 Å². The summed E-state index contributed by atoms with van der Waals surface area (Å²) in [5.41, 5.74) is 0.208. The molecule has 0 amide bonds. The summed E-state index contributed by atoms with van der Waals surface area (Å²) in [7, 11) is -1.13. The molecule has 0 aliphatic heterocycles. The minimum absolute atomic E-state index is 0.0253. The lowest BCUT2D eigenvalue weighted by Gasteiger charge is -2.06. The van der Waals surface area contributed by atoms with Crippen LogP contribution >= 0.6 is 0 Å². The van der Waals surface area contributed by atoms with Gasteiger partial charge in [0, 0.05) is 0 Å². The third-order valence-electron chi connectivity index (χ3n) is 1.85. The van der Waals surface area contributed by atoms with E-state index < -0.39 is 16.1 Å². The van der Waals surface area contributed by atoms with E-state index in [0.717, 1.165) is 7.11 Å². The predicted molar refractivity (Wildman–Crippen MR) is 63.6 cm³/mol. The zero-order chi connectivity index (χ0) is 14.0. The Labute approximate surface area is 107 Å². The summed E-state index contributed by atoms with van der Waals surface area (Å²) in [6.45, 7) is 3.98. The molecule has 0 rings (SSSR count). The summed E-state index contributed by atoms with van der Waals surface area (Å²) < 4.78 is 40.5. The first kappa shape index (κ1) is 17.0. The van der Waals surface area contributed by atoms with E-state index in [9.17, 15) is 13.2 Å². The highest BCUT2D eigenvalue weighted by atomic mass is 32.2. The van der Waals surface area contributed by atoms with Gasteiger partial charge in [-0.3, -0.25) is 4.18 Å². The minimum Gasteiger partial charge on any atom is -0.466 e. The Hall–Kier alpha value is -0.960. The monoisotopic (exact) mass is 282 g/mol. The van der Waals surface area contributed by atoms with Crippen LogP contribution in [0.15, 0.2) is 12.2 Å². The van der Waals surface area contributed by atoms with E-state index in [-0.39, 0.29) is 37.8 Å². The van der Waals surface area contributed by atoms with E-state index in [1.165, 1.54) is 7.11 Å². The van der Waals surface area contributed by atoms with Crippen LogP contribution in [0.3, 0.4) is 0 Å². The number of hydrogen-bond acceptors (Lipinski definition) is 7. The Bertz CT molecular complexity index is 360. The van der Waals surface area contributed by atoms with Gasteiger partial charge in [-0.05, 0) is 0 Å². The average molecular weight is 282 g/mol. The topological polar surface area (TPSA) is 88.1 Å². The van der Waals surface area contributed by atoms with Gasteiger partial charge in [0.25, 0.3) is 10.1 Å². The van der Waals surface area contributed by atoms with Gasteiger partial charge in [-0.25, -0.2) is 4.79 Å². The van der Waals surface area contributed by atoms with Crippen LogP contribution in [0.25, 0.3) is 0 Å². The average Bonchev–Trinajstić information content (AvgIpc) is 2.36. The number of esters is 1. The van der Waals surface area contributed by atoms with Gasteiger partial charge >= 0.3 is 5.97 Å². The Morgan fingerprint density at radius 2 is 1.72 bits per heavy atom. The SMILES string of the molecule is C=C(COCCOCCS(=O)(=O)OC)C(=O)OC. The lowest BCUT2D eigenvalue weighted by molar-refractivity contribution is -0.136. The van der Waals surface area contributed by atoms with Gasteiger partial charge in [-0.15, -0.1) is 0 Å². The van der Waals surface area contributed by atoms with Crippen molar-refractivity contribution in [1.29, 1.82) is 0 Å². The number of ether oxygens (including phenoxy) is 3. The highest BCUT2D eigenvalue weighted by Gasteiger charge is 2.08. The predicted octanol–water partition coefficient (Wildman–Crippen LogP) is -0.275. The van der Waals surface area contributed by atoms with Gasteiger partial charge in [0.1, 0.15) is 0 Å². The molecule has 0 aliphatic carbocycles. The molecular formula is C10H18O7S. The molecule has 0 saturated heterocycles. The molecule has 0 aliphatic rings. The van der Waals surface area contributed by atoms with Crippen molar-refractivity contribution < 1.29 is 31.6 Å². The van der Waals surface area contributed by atoms with Crippen LogP contribution in [-0.4, -0.2) is 60.8 Å². The van der Waals surface area contributed by atoms with Crippen LogP contribution < -0.4 is 0 Å². The Kier molecular flexibility index (Phi) is 8.55. The summed E-state index contributed by atoms with van der Waals surface area (Å²) in [5, 5.41) is 0. The maximum absolute atomic E-state index is 10.9. The Morgan fingerprint density at radius 3 is 2.28 bits per heavy atom. The molecule has 0 fully saturated rings. The highest BCUT2D eigenvalue weighted by Crippen LogP contribution is 1.95. The zero-order valence-corrected chi connectivity index (χ0v) is 11.3. The number of methoxy groups -OCH3 is 1. The molecule has 0 unspecified atom stereocenters. The van der Waals surface area contributed by atoms with Gasteiger partial charge in [-0.2, -0.15) is 8.42 Å². The van der Waals surface area contributed by atoms with Gasteiger partial charge in [0.05, 0.1) is 52.0 Å². The van der Waals surface area contributed by atoms with Gasteiger partial charge in [0.2, 0.25) is 0 Å². The third-order valence-corrected chi connectivity index (χ3v) is 3.03. The summed E-state index contributed by atoms with van der Waals surface area (Å²) in [4.78, 5) is 10.9. The van der Waals surface area contributed by atoms with Crippen LogP contribution in [-0.2, 0) is 33.3 Å². The molecule has 0 atom stereocenters. The molecule has 0 N–H and O–H groups in total. The van der Waals surface area contributed by atoms with E-state index >= 15 is 0 Å². The van der Waals surface area contributed by atoms with Crippen LogP contribution in [0.1, 0.15) is 0 Å². The van der Waals surface area contributed by atoms with Crippen molar-refractivity contribution in [2.45, 2.75) is 0 Å². The molecule has 8 heteroatoms. The lowest BCUT2D eigenvalue weighted by atomic mass is 10.3. The number of hydrogen-bond donors (Lipinski definition) is 0. The van der Waals surface area contributed by atoms with Gasteiger partial charge in [0.15, 0.2) is 0 Å². The van der Waals surface area contributed by atoms with Crippen molar-refractivity contribution in [2.24, 2.45) is 0 Å². The van der Waals surface area contributed by atoms with E-state index in [1.807, 2.05) is 0 Å². The molecule has 0 spiro atoms. The molecule has 0 aromatic rings. The third kappa shape index (κ3) is 8.18. The highest BCUT2D eigenvalue weighted by molar-refractivity contribution is 7.86. The summed E-state index contributed by atoms with van der Waals surface area (Å²) in [5.74, 6) is -0.736. The first-order valence-electron chi connectivity index (χ1n) is 5.13. The van der Waals surface area contributed by atoms with Crippen LogP contribution in [0.4, 0.5) is 0 Å². The fraction of sp³-hybridized carbons (Fsp3) is 0.700. The maximum atomic E-state index is 10.9. The molecule has 18 heavy (non-hydrogen) atoms. The smallest absolute Gasteiger partial charge is 0.335 e. The molecule has 0 aromatic heterocycles. The summed E-state index contributed by atoms with van der Waals surface area (Å²) in [6, 6.07) is 0. The largest absolute Gasteiger partial charge is 0.466 e. The van der Waals surface area contributed by atoms with Crippen LogP contribution in [0.5, 0.6) is 0 Å². The Morgan fingerprint density at radius 1 is 1.11 bits per heavy atom. The normalized spacial score (nSPS) is 11.2. The second kappa shape index (κ2) is 9.03. The molecule has 7 nitrogen and oxygen atoms in total. The van der Waals surface area contributed by atoms with E-state index in [2.05, 4.69) is 15.5 Å². The fourth-order valence-electron chi connectivity index (χ4n) is 0.863. The molecule has 0 saturated carbocycles. The van der Waals surface area contributed by atoms with E-state index in [0.29, 0.717) is 0 Å². The van der Waals surface area contributed by atoms with Crippen molar-refractivity contribution in [2.75, 3.05) is 46.4 Å². The van der Waals surface area contributed by atoms with Gasteiger partial charge < -0.3 is 14.2 Å². The van der Waals surface area contributed by atoms with Crippen molar-refractivity contribution >= 4 is 16.1 Å². The molecule has 0 heterocycles. The van der Waals surface area contributed by atoms with Crippen LogP contribution in [0.2, 0.25) is 0 Å². The molecule has 0 aromatic carbocycles. The summed E-state index contributed by atoms with van der Waals surface area (Å²) >= 11 is 0. The van der Waals surface area contributed by atoms with E-state index in [4.69, 9.17) is 9.47 Å². The second-order valence-corrected chi connectivity index (χ2v) is 5.05. The minimum atomic E-state index is -3.48. The Balaban J connectivity index is 3.48. The zero-order valence-electron chi connectivity index (χ0n) is 10.5. The van der Waals surface area contributed by atoms with E-state index in [1.54, 1.807) is 0 Å². The first-order valence-corrected chi connectivity index (χ1v) is 6.70. The van der Waals surface area contributed by atoms with Crippen LogP contribution in [0, 0.1) is 0 Å². The first-order chi connectivity index (χ1) is 8.43. The number of carbonyl (C=O) groups is 1. The van der Waals surface area contributed by atoms with Crippen molar-refractivity contribution in [3.63, 3.8) is 0 Å². The second-order valence-electron chi connectivity index (χ2n) is 3.19. The number of rotatable bonds is 10. The molecule has 0 radical (unpaired) electrons. The molecule has 106 valence electrons.